The predicted molar refractivity (Wildman–Crippen MR) is 173 cm³/mol. The van der Waals surface area contributed by atoms with Crippen molar-refractivity contribution in [1.82, 2.24) is 10.2 Å². The predicted octanol–water partition coefficient (Wildman–Crippen LogP) is 5.44. The normalized spacial score (nSPS) is 11.9. The van der Waals surface area contributed by atoms with Crippen molar-refractivity contribution >= 4 is 27.5 Å². The Morgan fingerprint density at radius 3 is 2.09 bits per heavy atom. The number of ether oxygens (including phenoxy) is 1. The van der Waals surface area contributed by atoms with Gasteiger partial charge in [-0.25, -0.2) is 12.8 Å². The Kier molecular flexibility index (Phi) is 11.3. The van der Waals surface area contributed by atoms with E-state index < -0.39 is 34.3 Å². The van der Waals surface area contributed by atoms with Crippen LogP contribution in [-0.4, -0.2) is 51.4 Å². The van der Waals surface area contributed by atoms with Gasteiger partial charge < -0.3 is 15.0 Å². The van der Waals surface area contributed by atoms with E-state index in [-0.39, 0.29) is 35.4 Å². The highest BCUT2D eigenvalue weighted by molar-refractivity contribution is 7.92. The maximum atomic E-state index is 14.4. The number of hydrogen-bond donors (Lipinski definition) is 1. The quantitative estimate of drug-likeness (QED) is 0.200. The average Bonchev–Trinajstić information content (AvgIpc) is 3.05. The molecule has 0 aliphatic carbocycles. The number of nitrogens with one attached hydrogen (secondary N) is 1. The van der Waals surface area contributed by atoms with E-state index in [9.17, 15) is 22.4 Å². The number of nitrogens with zero attached hydrogens (tertiary/aromatic N) is 2. The lowest BCUT2D eigenvalue weighted by Crippen LogP contribution is -2.53. The number of anilines is 1. The van der Waals surface area contributed by atoms with Gasteiger partial charge in [0.15, 0.2) is 0 Å². The maximum Gasteiger partial charge on any atom is 0.264 e. The van der Waals surface area contributed by atoms with Gasteiger partial charge in [-0.05, 0) is 65.6 Å². The number of hydrogen-bond acceptors (Lipinski definition) is 5. The summed E-state index contributed by atoms with van der Waals surface area (Å²) >= 11 is 0. The van der Waals surface area contributed by atoms with Gasteiger partial charge in [0.25, 0.3) is 10.0 Å². The molecule has 0 heterocycles. The van der Waals surface area contributed by atoms with E-state index in [0.29, 0.717) is 17.9 Å². The second-order valence-electron chi connectivity index (χ2n) is 11.0. The Hall–Kier alpha value is -4.70. The molecule has 0 saturated heterocycles. The summed E-state index contributed by atoms with van der Waals surface area (Å²) in [5.74, 6) is -0.779. The zero-order valence-electron chi connectivity index (χ0n) is 25.6. The minimum atomic E-state index is -4.31. The molecule has 1 N–H and O–H groups in total. The molecule has 0 fully saturated rings. The molecule has 0 bridgehead atoms. The molecular weight excluding hydrogens is 593 g/mol. The lowest BCUT2D eigenvalue weighted by atomic mass is 10.0. The summed E-state index contributed by atoms with van der Waals surface area (Å²) in [6, 6.07) is 28.2. The Labute approximate surface area is 264 Å². The van der Waals surface area contributed by atoms with Crippen molar-refractivity contribution in [3.8, 4) is 5.75 Å². The van der Waals surface area contributed by atoms with Crippen molar-refractivity contribution in [2.45, 2.75) is 37.8 Å². The smallest absolute Gasteiger partial charge is 0.264 e. The van der Waals surface area contributed by atoms with Crippen molar-refractivity contribution in [2.24, 2.45) is 5.92 Å². The average molecular weight is 632 g/mol. The molecule has 4 aromatic carbocycles. The van der Waals surface area contributed by atoms with Crippen LogP contribution in [-0.2, 0) is 32.6 Å². The van der Waals surface area contributed by atoms with Crippen LogP contribution in [0, 0.1) is 11.7 Å². The summed E-state index contributed by atoms with van der Waals surface area (Å²) in [5, 5.41) is 2.97. The third kappa shape index (κ3) is 8.92. The molecule has 8 nitrogen and oxygen atoms in total. The lowest BCUT2D eigenvalue weighted by Gasteiger charge is -2.34. The molecule has 45 heavy (non-hydrogen) atoms. The second kappa shape index (κ2) is 15.3. The van der Waals surface area contributed by atoms with Crippen LogP contribution in [0.4, 0.5) is 10.1 Å². The molecule has 2 amide bonds. The van der Waals surface area contributed by atoms with Crippen LogP contribution in [0.3, 0.4) is 0 Å². The number of carbonyl (C=O) groups is 2. The number of para-hydroxylation sites is 1. The van der Waals surface area contributed by atoms with Crippen molar-refractivity contribution < 1.29 is 27.1 Å². The van der Waals surface area contributed by atoms with Crippen LogP contribution < -0.4 is 14.4 Å². The first kappa shape index (κ1) is 33.2. The van der Waals surface area contributed by atoms with Crippen molar-refractivity contribution in [3.05, 3.63) is 126 Å². The summed E-state index contributed by atoms with van der Waals surface area (Å²) in [4.78, 5) is 29.5. The molecule has 1 atom stereocenters. The van der Waals surface area contributed by atoms with Gasteiger partial charge in [0.05, 0.1) is 17.7 Å². The summed E-state index contributed by atoms with van der Waals surface area (Å²) in [7, 11) is -2.77. The second-order valence-corrected chi connectivity index (χ2v) is 12.9. The summed E-state index contributed by atoms with van der Waals surface area (Å²) in [6.07, 6.45) is 0.205. The first-order valence-corrected chi connectivity index (χ1v) is 16.1. The number of halogens is 1. The van der Waals surface area contributed by atoms with Gasteiger partial charge in [0, 0.05) is 19.5 Å². The first-order valence-electron chi connectivity index (χ1n) is 14.7. The molecule has 236 valence electrons. The Bertz CT molecular complexity index is 1670. The molecule has 0 aliphatic rings. The summed E-state index contributed by atoms with van der Waals surface area (Å²) in [5.41, 5.74) is 1.79. The number of rotatable bonds is 14. The molecule has 0 radical (unpaired) electrons. The number of benzene rings is 4. The van der Waals surface area contributed by atoms with Crippen LogP contribution in [0.25, 0.3) is 0 Å². The highest BCUT2D eigenvalue weighted by Gasteiger charge is 2.34. The van der Waals surface area contributed by atoms with Gasteiger partial charge in [-0.2, -0.15) is 0 Å². The van der Waals surface area contributed by atoms with Gasteiger partial charge in [0.2, 0.25) is 11.8 Å². The number of amides is 2. The summed E-state index contributed by atoms with van der Waals surface area (Å²) < 4.78 is 48.0. The van der Waals surface area contributed by atoms with E-state index in [1.165, 1.54) is 12.0 Å². The largest absolute Gasteiger partial charge is 0.497 e. The molecular formula is C35H38FN3O5S. The summed E-state index contributed by atoms with van der Waals surface area (Å²) in [6.45, 7) is 3.77. The zero-order valence-corrected chi connectivity index (χ0v) is 26.4. The van der Waals surface area contributed by atoms with E-state index in [0.717, 1.165) is 34.1 Å². The van der Waals surface area contributed by atoms with E-state index in [4.69, 9.17) is 4.74 Å². The van der Waals surface area contributed by atoms with Crippen LogP contribution >= 0.6 is 0 Å². The molecule has 10 heteroatoms. The fourth-order valence-corrected chi connectivity index (χ4v) is 6.21. The Balaban J connectivity index is 1.79. The monoisotopic (exact) mass is 631 g/mol. The van der Waals surface area contributed by atoms with Gasteiger partial charge in [-0.1, -0.05) is 74.5 Å². The van der Waals surface area contributed by atoms with Crippen LogP contribution in [0.2, 0.25) is 0 Å². The molecule has 0 aliphatic heterocycles. The maximum absolute atomic E-state index is 14.4. The molecule has 0 unspecified atom stereocenters. The van der Waals surface area contributed by atoms with E-state index in [2.05, 4.69) is 5.32 Å². The molecule has 0 spiro atoms. The van der Waals surface area contributed by atoms with Gasteiger partial charge in [-0.3, -0.25) is 13.9 Å². The van der Waals surface area contributed by atoms with Crippen LogP contribution in [0.1, 0.15) is 25.0 Å². The molecule has 0 saturated carbocycles. The van der Waals surface area contributed by atoms with Crippen LogP contribution in [0.15, 0.2) is 114 Å². The number of methoxy groups -OCH3 is 1. The third-order valence-corrected chi connectivity index (χ3v) is 8.96. The SMILES string of the molecule is COc1cccc(CN(C(=O)CN(c2ccccc2)S(=O)(=O)c2ccc(F)cc2)[C@H](Cc2ccccc2)C(=O)NCC(C)C)c1. The highest BCUT2D eigenvalue weighted by atomic mass is 32.2. The van der Waals surface area contributed by atoms with Crippen LogP contribution in [0.5, 0.6) is 5.75 Å². The Morgan fingerprint density at radius 2 is 1.47 bits per heavy atom. The number of sulfonamides is 1. The highest BCUT2D eigenvalue weighted by Crippen LogP contribution is 2.25. The molecule has 4 aromatic rings. The third-order valence-electron chi connectivity index (χ3n) is 7.17. The standard InChI is InChI=1S/C35H38FN3O5S/c1-26(2)23-37-35(41)33(22-27-11-6-4-7-12-27)38(24-28-13-10-16-31(21-28)44-3)34(40)25-39(30-14-8-5-9-15-30)45(42,43)32-19-17-29(36)18-20-32/h4-21,26,33H,22-25H2,1-3H3,(H,37,41)/t33-/m1/s1. The number of carbonyl (C=O) groups excluding carboxylic acids is 2. The minimum Gasteiger partial charge on any atom is -0.497 e. The van der Waals surface area contributed by atoms with Gasteiger partial charge in [0.1, 0.15) is 24.2 Å². The van der Waals surface area contributed by atoms with E-state index in [1.807, 2.05) is 50.2 Å². The van der Waals surface area contributed by atoms with E-state index >= 15 is 0 Å². The van der Waals surface area contributed by atoms with Crippen molar-refractivity contribution in [3.63, 3.8) is 0 Å². The minimum absolute atomic E-state index is 0.0157. The van der Waals surface area contributed by atoms with Crippen molar-refractivity contribution in [2.75, 3.05) is 24.5 Å². The van der Waals surface area contributed by atoms with E-state index in [1.54, 1.807) is 48.5 Å². The molecule has 4 rings (SSSR count). The van der Waals surface area contributed by atoms with Crippen molar-refractivity contribution in [1.29, 1.82) is 0 Å². The fourth-order valence-electron chi connectivity index (χ4n) is 4.80. The first-order chi connectivity index (χ1) is 21.6. The Morgan fingerprint density at radius 1 is 0.844 bits per heavy atom. The fraction of sp³-hybridized carbons (Fsp3) is 0.257. The van der Waals surface area contributed by atoms with Gasteiger partial charge in [-0.15, -0.1) is 0 Å². The van der Waals surface area contributed by atoms with Gasteiger partial charge >= 0.3 is 0 Å². The topological polar surface area (TPSA) is 96.0 Å². The zero-order chi connectivity index (χ0) is 32.4. The molecule has 0 aromatic heterocycles. The lowest BCUT2D eigenvalue weighted by molar-refractivity contribution is -0.140.